The van der Waals surface area contributed by atoms with Crippen LogP contribution in [0.5, 0.6) is 0 Å². The number of aromatic amines is 1. The Morgan fingerprint density at radius 3 is 2.58 bits per heavy atom. The van der Waals surface area contributed by atoms with Crippen molar-refractivity contribution in [3.8, 4) is 0 Å². The molecule has 9 nitrogen and oxygen atoms in total. The van der Waals surface area contributed by atoms with Crippen LogP contribution in [0.3, 0.4) is 0 Å². The summed E-state index contributed by atoms with van der Waals surface area (Å²) in [7, 11) is 0. The summed E-state index contributed by atoms with van der Waals surface area (Å²) in [5, 5.41) is 1.41. The Balaban J connectivity index is 1.21. The molecule has 0 unspecified atom stereocenters. The monoisotopic (exact) mass is 501 g/mol. The number of hydrazine groups is 1. The Morgan fingerprint density at radius 2 is 1.92 bits per heavy atom. The summed E-state index contributed by atoms with van der Waals surface area (Å²) in [4.78, 5) is 38.9. The Bertz CT molecular complexity index is 1350. The first-order chi connectivity index (χ1) is 17.3. The number of nitrogens with zero attached hydrogens (tertiary/aromatic N) is 5. The maximum atomic E-state index is 15.1. The fourth-order valence-corrected chi connectivity index (χ4v) is 4.46. The van der Waals surface area contributed by atoms with Crippen molar-refractivity contribution >= 4 is 22.6 Å². The van der Waals surface area contributed by atoms with Gasteiger partial charge in [0.1, 0.15) is 17.4 Å². The van der Waals surface area contributed by atoms with Crippen molar-refractivity contribution in [2.75, 3.05) is 44.2 Å². The third-order valence-electron chi connectivity index (χ3n) is 6.60. The van der Waals surface area contributed by atoms with Crippen LogP contribution in [0.25, 0.3) is 11.0 Å². The minimum absolute atomic E-state index is 0.0828. The molecule has 3 aromatic heterocycles. The fraction of sp³-hybridized carbons (Fsp3) is 0.417. The first-order valence-electron chi connectivity index (χ1n) is 11.9. The lowest BCUT2D eigenvalue weighted by atomic mass is 10.1. The van der Waals surface area contributed by atoms with Crippen LogP contribution in [0.1, 0.15) is 28.5 Å². The van der Waals surface area contributed by atoms with E-state index in [2.05, 4.69) is 20.4 Å². The second-order valence-corrected chi connectivity index (χ2v) is 9.05. The van der Waals surface area contributed by atoms with Crippen LogP contribution in [0.2, 0.25) is 0 Å². The SMILES string of the molecule is CCc1cc2ncc(CN3CCN(c4ccc(C(=O)NN5CC(F)C5)nc4F)CC3)c(F)c2[nH]c1=O. The highest BCUT2D eigenvalue weighted by Gasteiger charge is 2.28. The molecule has 2 saturated heterocycles. The highest BCUT2D eigenvalue weighted by atomic mass is 19.1. The Kier molecular flexibility index (Phi) is 6.63. The van der Waals surface area contributed by atoms with Gasteiger partial charge in [0.25, 0.3) is 11.5 Å². The molecule has 0 radical (unpaired) electrons. The number of amides is 1. The number of H-pyrrole nitrogens is 1. The molecular weight excluding hydrogens is 475 g/mol. The number of hydrogen-bond acceptors (Lipinski definition) is 7. The number of alkyl halides is 1. The molecule has 0 atom stereocenters. The fourth-order valence-electron chi connectivity index (χ4n) is 4.46. The number of rotatable bonds is 6. The number of halogens is 3. The average molecular weight is 502 g/mol. The predicted molar refractivity (Wildman–Crippen MR) is 127 cm³/mol. The molecule has 5 rings (SSSR count). The second-order valence-electron chi connectivity index (χ2n) is 9.05. The van der Waals surface area contributed by atoms with Crippen molar-refractivity contribution in [1.29, 1.82) is 0 Å². The molecule has 2 aliphatic heterocycles. The number of carbonyl (C=O) groups is 1. The second kappa shape index (κ2) is 9.86. The highest BCUT2D eigenvalue weighted by molar-refractivity contribution is 5.92. The van der Waals surface area contributed by atoms with E-state index in [0.29, 0.717) is 55.8 Å². The molecule has 36 heavy (non-hydrogen) atoms. The van der Waals surface area contributed by atoms with E-state index in [-0.39, 0.29) is 35.5 Å². The van der Waals surface area contributed by atoms with Gasteiger partial charge in [-0.3, -0.25) is 24.9 Å². The Labute approximate surface area is 204 Å². The van der Waals surface area contributed by atoms with Crippen LogP contribution in [-0.4, -0.2) is 76.2 Å². The van der Waals surface area contributed by atoms with E-state index in [0.717, 1.165) is 0 Å². The van der Waals surface area contributed by atoms with Crippen molar-refractivity contribution < 1.29 is 18.0 Å². The summed E-state index contributed by atoms with van der Waals surface area (Å²) < 4.78 is 42.7. The van der Waals surface area contributed by atoms with E-state index < -0.39 is 23.8 Å². The molecule has 0 aliphatic carbocycles. The van der Waals surface area contributed by atoms with Gasteiger partial charge in [-0.2, -0.15) is 4.39 Å². The maximum Gasteiger partial charge on any atom is 0.284 e. The molecule has 190 valence electrons. The molecule has 0 saturated carbocycles. The molecule has 12 heteroatoms. The lowest BCUT2D eigenvalue weighted by molar-refractivity contribution is 0.0189. The lowest BCUT2D eigenvalue weighted by Crippen LogP contribution is -2.57. The van der Waals surface area contributed by atoms with Gasteiger partial charge in [0.15, 0.2) is 5.82 Å². The molecule has 5 heterocycles. The number of carbonyl (C=O) groups excluding carboxylic acids is 1. The van der Waals surface area contributed by atoms with E-state index in [1.165, 1.54) is 23.3 Å². The van der Waals surface area contributed by atoms with Gasteiger partial charge < -0.3 is 9.88 Å². The van der Waals surface area contributed by atoms with Crippen molar-refractivity contribution in [3.05, 3.63) is 63.3 Å². The van der Waals surface area contributed by atoms with Gasteiger partial charge in [-0.1, -0.05) is 6.92 Å². The van der Waals surface area contributed by atoms with Gasteiger partial charge in [0.2, 0.25) is 5.95 Å². The summed E-state index contributed by atoms with van der Waals surface area (Å²) >= 11 is 0. The number of pyridine rings is 3. The summed E-state index contributed by atoms with van der Waals surface area (Å²) in [6, 6.07) is 4.56. The normalized spacial score (nSPS) is 17.4. The van der Waals surface area contributed by atoms with Crippen molar-refractivity contribution in [3.63, 3.8) is 0 Å². The molecule has 2 fully saturated rings. The predicted octanol–water partition coefficient (Wildman–Crippen LogP) is 1.78. The summed E-state index contributed by atoms with van der Waals surface area (Å²) in [5.41, 5.74) is 3.82. The first kappa shape index (κ1) is 24.2. The summed E-state index contributed by atoms with van der Waals surface area (Å²) in [6.45, 7) is 4.42. The summed E-state index contributed by atoms with van der Waals surface area (Å²) in [6.07, 6.45) is 1.05. The van der Waals surface area contributed by atoms with E-state index in [4.69, 9.17) is 0 Å². The minimum atomic E-state index is -0.969. The largest absolute Gasteiger partial charge is 0.365 e. The Morgan fingerprint density at radius 1 is 1.17 bits per heavy atom. The van der Waals surface area contributed by atoms with E-state index in [1.54, 1.807) is 6.07 Å². The van der Waals surface area contributed by atoms with Gasteiger partial charge in [0, 0.05) is 50.0 Å². The van der Waals surface area contributed by atoms with E-state index in [9.17, 15) is 18.4 Å². The Hall–Kier alpha value is -3.51. The molecule has 2 aliphatic rings. The van der Waals surface area contributed by atoms with Gasteiger partial charge in [-0.05, 0) is 24.6 Å². The van der Waals surface area contributed by atoms with Gasteiger partial charge in [0.05, 0.1) is 24.3 Å². The average Bonchev–Trinajstić information content (AvgIpc) is 2.85. The van der Waals surface area contributed by atoms with Crippen LogP contribution < -0.4 is 15.9 Å². The van der Waals surface area contributed by atoms with Gasteiger partial charge in [-0.25, -0.2) is 18.8 Å². The standard InChI is InChI=1S/C24H26F3N7O2/c1-2-14-9-18-21(30-23(14)35)20(26)15(10-28-18)11-32-5-7-33(8-6-32)19-4-3-17(29-22(19)27)24(36)31-34-12-16(25)13-34/h3-4,9-10,16H,2,5-8,11-13H2,1H3,(H,30,35)(H,31,36). The molecule has 1 amide bonds. The first-order valence-corrected chi connectivity index (χ1v) is 11.9. The summed E-state index contributed by atoms with van der Waals surface area (Å²) in [5.74, 6) is -1.84. The number of anilines is 1. The molecule has 0 spiro atoms. The van der Waals surface area contributed by atoms with Crippen molar-refractivity contribution in [2.24, 2.45) is 0 Å². The highest BCUT2D eigenvalue weighted by Crippen LogP contribution is 2.22. The van der Waals surface area contributed by atoms with Crippen molar-refractivity contribution in [1.82, 2.24) is 30.3 Å². The molecular formula is C24H26F3N7O2. The van der Waals surface area contributed by atoms with Crippen LogP contribution >= 0.6 is 0 Å². The number of aromatic nitrogens is 3. The molecule has 3 aromatic rings. The van der Waals surface area contributed by atoms with Gasteiger partial charge in [-0.15, -0.1) is 0 Å². The van der Waals surface area contributed by atoms with E-state index in [1.807, 2.05) is 16.7 Å². The molecule has 2 N–H and O–H groups in total. The maximum absolute atomic E-state index is 15.1. The van der Waals surface area contributed by atoms with Crippen molar-refractivity contribution in [2.45, 2.75) is 26.1 Å². The molecule has 0 aromatic carbocycles. The van der Waals surface area contributed by atoms with Crippen LogP contribution in [-0.2, 0) is 13.0 Å². The number of hydrogen-bond donors (Lipinski definition) is 2. The van der Waals surface area contributed by atoms with Crippen LogP contribution in [0.15, 0.2) is 29.2 Å². The lowest BCUT2D eigenvalue weighted by Gasteiger charge is -2.36. The van der Waals surface area contributed by atoms with Gasteiger partial charge >= 0.3 is 0 Å². The number of aryl methyl sites for hydroxylation is 1. The minimum Gasteiger partial charge on any atom is -0.365 e. The third kappa shape index (κ3) is 4.78. The quantitative estimate of drug-likeness (QED) is 0.497. The zero-order valence-corrected chi connectivity index (χ0v) is 19.7. The zero-order chi connectivity index (χ0) is 25.4. The topological polar surface area (TPSA) is 97.5 Å². The third-order valence-corrected chi connectivity index (χ3v) is 6.60. The van der Waals surface area contributed by atoms with Crippen LogP contribution in [0.4, 0.5) is 18.9 Å². The number of nitrogens with one attached hydrogen (secondary N) is 2. The zero-order valence-electron chi connectivity index (χ0n) is 19.7. The molecule has 0 bridgehead atoms. The van der Waals surface area contributed by atoms with Crippen LogP contribution in [0, 0.1) is 11.8 Å². The smallest absolute Gasteiger partial charge is 0.284 e. The van der Waals surface area contributed by atoms with E-state index >= 15 is 4.39 Å². The number of piperazine rings is 1. The number of fused-ring (bicyclic) bond motifs is 1.